The molecule has 1 aromatic rings. The topological polar surface area (TPSA) is 78.9 Å². The molecule has 148 valence electrons. The van der Waals surface area contributed by atoms with E-state index in [1.54, 1.807) is 0 Å². The van der Waals surface area contributed by atoms with Gasteiger partial charge in [-0.15, -0.1) is 0 Å². The quantitative estimate of drug-likeness (QED) is 0.731. The Balaban J connectivity index is 1.42. The summed E-state index contributed by atoms with van der Waals surface area (Å²) in [4.78, 5) is 26.2. The fourth-order valence-electron chi connectivity index (χ4n) is 4.06. The number of rotatable bonds is 8. The van der Waals surface area contributed by atoms with Crippen molar-refractivity contribution in [2.24, 2.45) is 11.8 Å². The molecule has 1 aliphatic heterocycles. The molecule has 2 N–H and O–H groups in total. The summed E-state index contributed by atoms with van der Waals surface area (Å²) in [5, 5.41) is 12.2. The van der Waals surface area contributed by atoms with Crippen molar-refractivity contribution in [3.05, 3.63) is 29.8 Å². The molecule has 6 nitrogen and oxygen atoms in total. The largest absolute Gasteiger partial charge is 0.492 e. The van der Waals surface area contributed by atoms with E-state index < -0.39 is 17.8 Å². The fourth-order valence-corrected chi connectivity index (χ4v) is 4.06. The number of amides is 1. The van der Waals surface area contributed by atoms with Gasteiger partial charge in [-0.05, 0) is 56.5 Å². The van der Waals surface area contributed by atoms with Crippen LogP contribution in [0, 0.1) is 11.8 Å². The molecule has 1 aromatic carbocycles. The van der Waals surface area contributed by atoms with Gasteiger partial charge in [-0.1, -0.05) is 25.0 Å². The van der Waals surface area contributed by atoms with E-state index in [1.165, 1.54) is 25.9 Å². The monoisotopic (exact) mass is 374 g/mol. The molecule has 0 radical (unpaired) electrons. The number of hydrogen-bond acceptors (Lipinski definition) is 4. The van der Waals surface area contributed by atoms with Crippen molar-refractivity contribution in [3.8, 4) is 5.75 Å². The summed E-state index contributed by atoms with van der Waals surface area (Å²) in [6, 6.07) is 7.74. The Hall–Kier alpha value is -2.08. The van der Waals surface area contributed by atoms with Crippen LogP contribution in [0.3, 0.4) is 0 Å². The van der Waals surface area contributed by atoms with E-state index in [2.05, 4.69) is 10.2 Å². The highest BCUT2D eigenvalue weighted by molar-refractivity contribution is 5.84. The number of likely N-dealkylation sites (tertiary alicyclic amines) is 1. The average Bonchev–Trinajstić information content (AvgIpc) is 3.20. The molecule has 1 amide bonds. The van der Waals surface area contributed by atoms with Crippen LogP contribution in [-0.4, -0.2) is 48.1 Å². The number of benzene rings is 1. The van der Waals surface area contributed by atoms with E-state index in [4.69, 9.17) is 4.74 Å². The van der Waals surface area contributed by atoms with Crippen LogP contribution in [0.5, 0.6) is 5.75 Å². The first-order valence-corrected chi connectivity index (χ1v) is 10.1. The maximum Gasteiger partial charge on any atom is 0.307 e. The number of carbonyl (C=O) groups is 2. The Kier molecular flexibility index (Phi) is 7.10. The second-order valence-corrected chi connectivity index (χ2v) is 7.59. The first-order chi connectivity index (χ1) is 13.1. The summed E-state index contributed by atoms with van der Waals surface area (Å²) < 4.78 is 5.79. The van der Waals surface area contributed by atoms with E-state index in [0.29, 0.717) is 26.0 Å². The molecule has 0 aromatic heterocycles. The minimum atomic E-state index is -0.856. The molecule has 1 saturated carbocycles. The van der Waals surface area contributed by atoms with Gasteiger partial charge in [-0.25, -0.2) is 0 Å². The maximum atomic E-state index is 12.4. The van der Waals surface area contributed by atoms with Crippen molar-refractivity contribution in [3.63, 3.8) is 0 Å². The third kappa shape index (κ3) is 5.70. The molecular formula is C21H30N2O4. The van der Waals surface area contributed by atoms with Gasteiger partial charge in [0.05, 0.1) is 11.8 Å². The minimum Gasteiger partial charge on any atom is -0.492 e. The lowest BCUT2D eigenvalue weighted by Crippen LogP contribution is -2.39. The van der Waals surface area contributed by atoms with Gasteiger partial charge in [0.15, 0.2) is 0 Å². The van der Waals surface area contributed by atoms with E-state index >= 15 is 0 Å². The molecule has 0 spiro atoms. The number of nitrogens with one attached hydrogen (secondary N) is 1. The summed E-state index contributed by atoms with van der Waals surface area (Å²) in [6.45, 7) is 4.41. The van der Waals surface area contributed by atoms with Crippen LogP contribution in [0.25, 0.3) is 0 Å². The Labute approximate surface area is 160 Å². The van der Waals surface area contributed by atoms with Gasteiger partial charge in [0.25, 0.3) is 0 Å². The van der Waals surface area contributed by atoms with Crippen molar-refractivity contribution < 1.29 is 19.4 Å². The molecule has 6 heteroatoms. The fraction of sp³-hybridized carbons (Fsp3) is 0.619. The lowest BCUT2D eigenvalue weighted by atomic mass is 9.78. The zero-order valence-corrected chi connectivity index (χ0v) is 15.9. The number of ether oxygens (including phenoxy) is 1. The molecule has 2 fully saturated rings. The zero-order chi connectivity index (χ0) is 19.1. The van der Waals surface area contributed by atoms with Crippen LogP contribution >= 0.6 is 0 Å². The molecule has 3 rings (SSSR count). The lowest BCUT2D eigenvalue weighted by Gasteiger charge is -2.27. The number of carboxylic acid groups (broad SMARTS) is 1. The molecule has 1 heterocycles. The molecule has 1 saturated heterocycles. The Morgan fingerprint density at radius 3 is 2.37 bits per heavy atom. The van der Waals surface area contributed by atoms with Gasteiger partial charge in [0, 0.05) is 13.1 Å². The van der Waals surface area contributed by atoms with E-state index in [9.17, 15) is 14.7 Å². The van der Waals surface area contributed by atoms with Crippen LogP contribution < -0.4 is 10.1 Å². The second-order valence-electron chi connectivity index (χ2n) is 7.59. The van der Waals surface area contributed by atoms with Gasteiger partial charge in [0.1, 0.15) is 12.4 Å². The lowest BCUT2D eigenvalue weighted by molar-refractivity contribution is -0.148. The summed E-state index contributed by atoms with van der Waals surface area (Å²) in [5.74, 6) is -1.13. The summed E-state index contributed by atoms with van der Waals surface area (Å²) in [6.07, 6.45) is 5.64. The SMILES string of the molecule is O=C(O)C1CCCCC1C(=O)NCc1ccc(OCCN2CCCC2)cc1. The molecule has 2 unspecified atom stereocenters. The normalized spacial score (nSPS) is 23.1. The highest BCUT2D eigenvalue weighted by Gasteiger charge is 2.35. The predicted octanol–water partition coefficient (Wildman–Crippen LogP) is 2.67. The molecular weight excluding hydrogens is 344 g/mol. The van der Waals surface area contributed by atoms with Crippen molar-refractivity contribution in [2.75, 3.05) is 26.2 Å². The first-order valence-electron chi connectivity index (χ1n) is 10.1. The molecule has 2 aliphatic rings. The van der Waals surface area contributed by atoms with E-state index in [-0.39, 0.29) is 5.91 Å². The minimum absolute atomic E-state index is 0.145. The molecule has 1 aliphatic carbocycles. The standard InChI is InChI=1S/C21H30N2O4/c24-20(18-5-1-2-6-19(18)21(25)26)22-15-16-7-9-17(10-8-16)27-14-13-23-11-3-4-12-23/h7-10,18-19H,1-6,11-15H2,(H,22,24)(H,25,26). The highest BCUT2D eigenvalue weighted by Crippen LogP contribution is 2.30. The summed E-state index contributed by atoms with van der Waals surface area (Å²) in [5.41, 5.74) is 0.984. The van der Waals surface area contributed by atoms with Gasteiger partial charge in [0.2, 0.25) is 5.91 Å². The van der Waals surface area contributed by atoms with Gasteiger partial charge in [-0.3, -0.25) is 14.5 Å². The Bertz CT molecular complexity index is 626. The maximum absolute atomic E-state index is 12.4. The van der Waals surface area contributed by atoms with Crippen molar-refractivity contribution in [2.45, 2.75) is 45.1 Å². The summed E-state index contributed by atoms with van der Waals surface area (Å²) >= 11 is 0. The van der Waals surface area contributed by atoms with Crippen LogP contribution in [0.4, 0.5) is 0 Å². The third-order valence-corrected chi connectivity index (χ3v) is 5.68. The van der Waals surface area contributed by atoms with Gasteiger partial charge < -0.3 is 15.2 Å². The number of carbonyl (C=O) groups excluding carboxylic acids is 1. The van der Waals surface area contributed by atoms with Gasteiger partial charge >= 0.3 is 5.97 Å². The average molecular weight is 374 g/mol. The number of carboxylic acids is 1. The first kappa shape index (κ1) is 19.7. The molecule has 27 heavy (non-hydrogen) atoms. The highest BCUT2D eigenvalue weighted by atomic mass is 16.5. The Morgan fingerprint density at radius 1 is 1.04 bits per heavy atom. The van der Waals surface area contributed by atoms with Crippen molar-refractivity contribution in [1.29, 1.82) is 0 Å². The number of nitrogens with zero attached hydrogens (tertiary/aromatic N) is 1. The number of aliphatic carboxylic acids is 1. The van der Waals surface area contributed by atoms with Crippen LogP contribution in [-0.2, 0) is 16.1 Å². The van der Waals surface area contributed by atoms with Crippen LogP contribution in [0.1, 0.15) is 44.1 Å². The third-order valence-electron chi connectivity index (χ3n) is 5.68. The van der Waals surface area contributed by atoms with Crippen LogP contribution in [0.15, 0.2) is 24.3 Å². The Morgan fingerprint density at radius 2 is 1.70 bits per heavy atom. The summed E-state index contributed by atoms with van der Waals surface area (Å²) in [7, 11) is 0. The van der Waals surface area contributed by atoms with Crippen molar-refractivity contribution >= 4 is 11.9 Å². The smallest absolute Gasteiger partial charge is 0.307 e. The van der Waals surface area contributed by atoms with Crippen LogP contribution in [0.2, 0.25) is 0 Å². The predicted molar refractivity (Wildman–Crippen MR) is 103 cm³/mol. The molecule has 2 atom stereocenters. The molecule has 0 bridgehead atoms. The van der Waals surface area contributed by atoms with E-state index in [1.807, 2.05) is 24.3 Å². The van der Waals surface area contributed by atoms with E-state index in [0.717, 1.165) is 30.7 Å². The zero-order valence-electron chi connectivity index (χ0n) is 15.9. The van der Waals surface area contributed by atoms with Crippen molar-refractivity contribution in [1.82, 2.24) is 10.2 Å². The number of hydrogen-bond donors (Lipinski definition) is 2. The second kappa shape index (κ2) is 9.74. The van der Waals surface area contributed by atoms with Gasteiger partial charge in [-0.2, -0.15) is 0 Å².